The molecule has 0 bridgehead atoms. The maximum Gasteiger partial charge on any atom is 0.313 e. The van der Waals surface area contributed by atoms with Crippen molar-refractivity contribution in [1.82, 2.24) is 14.8 Å². The molecule has 0 saturated heterocycles. The average molecular weight is 315 g/mol. The molecule has 6 nitrogen and oxygen atoms in total. The molecule has 0 unspecified atom stereocenters. The van der Waals surface area contributed by atoms with Crippen LogP contribution in [0.5, 0.6) is 0 Å². The van der Waals surface area contributed by atoms with Crippen LogP contribution >= 0.6 is 11.8 Å². The normalized spacial score (nSPS) is 10.7. The Morgan fingerprint density at radius 3 is 2.68 bits per heavy atom. The summed E-state index contributed by atoms with van der Waals surface area (Å²) < 4.78 is 7.25. The second-order valence-electron chi connectivity index (χ2n) is 4.54. The molecule has 0 atom stereocenters. The van der Waals surface area contributed by atoms with Gasteiger partial charge in [0.25, 0.3) is 0 Å². The van der Waals surface area contributed by atoms with Crippen LogP contribution in [0.3, 0.4) is 0 Å². The maximum atomic E-state index is 10.8. The summed E-state index contributed by atoms with van der Waals surface area (Å²) in [4.78, 5) is 10.8. The third-order valence-corrected chi connectivity index (χ3v) is 3.92. The van der Waals surface area contributed by atoms with E-state index in [0.29, 0.717) is 23.3 Å². The summed E-state index contributed by atoms with van der Waals surface area (Å²) in [5.74, 6) is 0.233. The minimum absolute atomic E-state index is 0.0644. The molecule has 0 aliphatic heterocycles. The van der Waals surface area contributed by atoms with Crippen molar-refractivity contribution < 1.29 is 14.3 Å². The third-order valence-electron chi connectivity index (χ3n) is 2.97. The van der Waals surface area contributed by atoms with E-state index < -0.39 is 5.97 Å². The fourth-order valence-electron chi connectivity index (χ4n) is 2.02. The van der Waals surface area contributed by atoms with Crippen LogP contribution in [-0.2, 0) is 11.3 Å². The van der Waals surface area contributed by atoms with E-state index in [1.165, 1.54) is 0 Å². The standard InChI is InChI=1S/C15H13N3O3S/c19-13(20)10-22-15-17-16-14(12-7-4-8-21-12)18(15)9-11-5-2-1-3-6-11/h1-8H,9-10H2,(H,19,20). The molecule has 1 aromatic carbocycles. The lowest BCUT2D eigenvalue weighted by Gasteiger charge is -2.08. The Kier molecular flexibility index (Phi) is 4.24. The summed E-state index contributed by atoms with van der Waals surface area (Å²) in [6.45, 7) is 0.547. The first kappa shape index (κ1) is 14.4. The number of furan rings is 1. The SMILES string of the molecule is O=C(O)CSc1nnc(-c2ccco2)n1Cc1ccccc1. The van der Waals surface area contributed by atoms with Crippen LogP contribution in [0.25, 0.3) is 11.6 Å². The summed E-state index contributed by atoms with van der Waals surface area (Å²) >= 11 is 1.14. The fraction of sp³-hybridized carbons (Fsp3) is 0.133. The van der Waals surface area contributed by atoms with Crippen molar-refractivity contribution in [2.75, 3.05) is 5.75 Å². The lowest BCUT2D eigenvalue weighted by Crippen LogP contribution is -2.05. The summed E-state index contributed by atoms with van der Waals surface area (Å²) in [6.07, 6.45) is 1.57. The Morgan fingerprint density at radius 1 is 1.18 bits per heavy atom. The lowest BCUT2D eigenvalue weighted by atomic mass is 10.2. The van der Waals surface area contributed by atoms with Crippen LogP contribution < -0.4 is 0 Å². The first-order chi connectivity index (χ1) is 10.7. The smallest absolute Gasteiger partial charge is 0.313 e. The molecule has 0 fully saturated rings. The summed E-state index contributed by atoms with van der Waals surface area (Å²) in [5, 5.41) is 17.6. The van der Waals surface area contributed by atoms with E-state index in [9.17, 15) is 4.79 Å². The van der Waals surface area contributed by atoms with Crippen molar-refractivity contribution in [3.63, 3.8) is 0 Å². The summed E-state index contributed by atoms with van der Waals surface area (Å²) in [6, 6.07) is 13.4. The monoisotopic (exact) mass is 315 g/mol. The van der Waals surface area contributed by atoms with Gasteiger partial charge in [0.2, 0.25) is 5.82 Å². The van der Waals surface area contributed by atoms with E-state index in [4.69, 9.17) is 9.52 Å². The molecule has 112 valence electrons. The van der Waals surface area contributed by atoms with Gasteiger partial charge in [-0.2, -0.15) is 0 Å². The van der Waals surface area contributed by atoms with Crippen LogP contribution in [0.15, 0.2) is 58.3 Å². The van der Waals surface area contributed by atoms with Gasteiger partial charge in [-0.3, -0.25) is 9.36 Å². The number of carbonyl (C=O) groups is 1. The van der Waals surface area contributed by atoms with Gasteiger partial charge in [0.15, 0.2) is 10.9 Å². The van der Waals surface area contributed by atoms with Crippen molar-refractivity contribution in [3.8, 4) is 11.6 Å². The van der Waals surface area contributed by atoms with Gasteiger partial charge in [-0.1, -0.05) is 42.1 Å². The molecule has 2 heterocycles. The topological polar surface area (TPSA) is 81.2 Å². The minimum Gasteiger partial charge on any atom is -0.481 e. The van der Waals surface area contributed by atoms with E-state index in [2.05, 4.69) is 10.2 Å². The second-order valence-corrected chi connectivity index (χ2v) is 5.48. The molecule has 0 saturated carbocycles. The molecule has 0 aliphatic carbocycles. The van der Waals surface area contributed by atoms with Gasteiger partial charge in [-0.25, -0.2) is 0 Å². The predicted molar refractivity (Wildman–Crippen MR) is 81.6 cm³/mol. The van der Waals surface area contributed by atoms with E-state index in [1.54, 1.807) is 18.4 Å². The number of nitrogens with zero attached hydrogens (tertiary/aromatic N) is 3. The highest BCUT2D eigenvalue weighted by Crippen LogP contribution is 2.25. The predicted octanol–water partition coefficient (Wildman–Crippen LogP) is 2.76. The van der Waals surface area contributed by atoms with Gasteiger partial charge >= 0.3 is 5.97 Å². The average Bonchev–Trinajstić information content (AvgIpc) is 3.16. The Hall–Kier alpha value is -2.54. The summed E-state index contributed by atoms with van der Waals surface area (Å²) in [7, 11) is 0. The lowest BCUT2D eigenvalue weighted by molar-refractivity contribution is -0.133. The Morgan fingerprint density at radius 2 is 2.00 bits per heavy atom. The first-order valence-electron chi connectivity index (χ1n) is 6.59. The van der Waals surface area contributed by atoms with Gasteiger partial charge in [0.1, 0.15) is 0 Å². The van der Waals surface area contributed by atoms with E-state index in [1.807, 2.05) is 34.9 Å². The van der Waals surface area contributed by atoms with E-state index in [-0.39, 0.29) is 5.75 Å². The highest BCUT2D eigenvalue weighted by atomic mass is 32.2. The number of carboxylic acids is 1. The molecule has 3 aromatic rings. The number of rotatable bonds is 6. The molecular formula is C15H13N3O3S. The quantitative estimate of drug-likeness (QED) is 0.704. The van der Waals surface area contributed by atoms with Gasteiger partial charge in [-0.15, -0.1) is 10.2 Å². The van der Waals surface area contributed by atoms with E-state index >= 15 is 0 Å². The van der Waals surface area contributed by atoms with Crippen LogP contribution in [0, 0.1) is 0 Å². The molecule has 2 aromatic heterocycles. The van der Waals surface area contributed by atoms with Crippen molar-refractivity contribution in [1.29, 1.82) is 0 Å². The van der Waals surface area contributed by atoms with Crippen molar-refractivity contribution in [3.05, 3.63) is 54.3 Å². The second kappa shape index (κ2) is 6.48. The zero-order chi connectivity index (χ0) is 15.4. The van der Waals surface area contributed by atoms with Crippen LogP contribution in [0.4, 0.5) is 0 Å². The molecule has 3 rings (SSSR count). The highest BCUT2D eigenvalue weighted by Gasteiger charge is 2.17. The molecule has 1 N–H and O–H groups in total. The van der Waals surface area contributed by atoms with Gasteiger partial charge in [0.05, 0.1) is 18.6 Å². The molecule has 0 aliphatic rings. The third kappa shape index (κ3) is 3.20. The fourth-order valence-corrected chi connectivity index (χ4v) is 2.68. The van der Waals surface area contributed by atoms with Gasteiger partial charge in [0, 0.05) is 0 Å². The molecule has 0 amide bonds. The highest BCUT2D eigenvalue weighted by molar-refractivity contribution is 7.99. The number of benzene rings is 1. The van der Waals surface area contributed by atoms with Crippen LogP contribution in [0.1, 0.15) is 5.56 Å². The molecule has 0 radical (unpaired) electrons. The zero-order valence-corrected chi connectivity index (χ0v) is 12.4. The van der Waals surface area contributed by atoms with Gasteiger partial charge < -0.3 is 9.52 Å². The summed E-state index contributed by atoms with van der Waals surface area (Å²) in [5.41, 5.74) is 1.08. The zero-order valence-electron chi connectivity index (χ0n) is 11.5. The van der Waals surface area contributed by atoms with Crippen molar-refractivity contribution >= 4 is 17.7 Å². The Balaban J connectivity index is 1.95. The first-order valence-corrected chi connectivity index (χ1v) is 7.58. The number of hydrogen-bond acceptors (Lipinski definition) is 5. The number of hydrogen-bond donors (Lipinski definition) is 1. The molecule has 22 heavy (non-hydrogen) atoms. The van der Waals surface area contributed by atoms with Crippen molar-refractivity contribution in [2.24, 2.45) is 0 Å². The van der Waals surface area contributed by atoms with Crippen LogP contribution in [0.2, 0.25) is 0 Å². The minimum atomic E-state index is -0.890. The van der Waals surface area contributed by atoms with E-state index in [0.717, 1.165) is 17.3 Å². The number of aromatic nitrogens is 3. The van der Waals surface area contributed by atoms with Crippen LogP contribution in [-0.4, -0.2) is 31.6 Å². The molecule has 0 spiro atoms. The number of carboxylic acid groups (broad SMARTS) is 1. The Bertz CT molecular complexity index is 754. The largest absolute Gasteiger partial charge is 0.481 e. The Labute approximate surface area is 130 Å². The maximum absolute atomic E-state index is 10.8. The molecular weight excluding hydrogens is 302 g/mol. The molecule has 7 heteroatoms. The van der Waals surface area contributed by atoms with Crippen molar-refractivity contribution in [2.45, 2.75) is 11.7 Å². The number of thioether (sulfide) groups is 1. The van der Waals surface area contributed by atoms with Gasteiger partial charge in [-0.05, 0) is 17.7 Å². The number of aliphatic carboxylic acids is 1.